The van der Waals surface area contributed by atoms with Crippen LogP contribution in [-0.2, 0) is 19.8 Å². The van der Waals surface area contributed by atoms with Gasteiger partial charge in [0.2, 0.25) is 0 Å². The van der Waals surface area contributed by atoms with Gasteiger partial charge >= 0.3 is 11.9 Å². The summed E-state index contributed by atoms with van der Waals surface area (Å²) in [5.41, 5.74) is -0.704. The summed E-state index contributed by atoms with van der Waals surface area (Å²) < 4.78 is 52.7. The molecule has 0 amide bonds. The Morgan fingerprint density at radius 2 is 1.71 bits per heavy atom. The summed E-state index contributed by atoms with van der Waals surface area (Å²) in [6.07, 6.45) is -4.55. The lowest BCUT2D eigenvalue weighted by Gasteiger charge is -2.17. The van der Waals surface area contributed by atoms with Gasteiger partial charge in [0, 0.05) is 7.05 Å². The first-order valence-corrected chi connectivity index (χ1v) is 8.36. The first-order valence-electron chi connectivity index (χ1n) is 8.36. The number of alkyl halides is 3. The molecule has 0 aliphatic rings. The number of hydrogen-bond donors (Lipinski definition) is 0. The number of aryl methyl sites for hydroxylation is 1. The molecule has 7 nitrogen and oxygen atoms in total. The molecule has 0 saturated heterocycles. The second-order valence-electron chi connectivity index (χ2n) is 5.77. The normalized spacial score (nSPS) is 11.5. The van der Waals surface area contributed by atoms with Crippen molar-refractivity contribution in [2.45, 2.75) is 19.7 Å². The van der Waals surface area contributed by atoms with Crippen LogP contribution in [0, 0.1) is 0 Å². The quantitative estimate of drug-likeness (QED) is 0.643. The van der Waals surface area contributed by atoms with Crippen molar-refractivity contribution >= 4 is 0 Å². The van der Waals surface area contributed by atoms with Crippen LogP contribution in [0.15, 0.2) is 47.3 Å². The van der Waals surface area contributed by atoms with E-state index in [9.17, 15) is 18.0 Å². The van der Waals surface area contributed by atoms with Crippen LogP contribution in [0.1, 0.15) is 18.1 Å². The van der Waals surface area contributed by atoms with Crippen molar-refractivity contribution in [3.05, 3.63) is 64.1 Å². The second-order valence-corrected chi connectivity index (χ2v) is 5.77. The van der Waals surface area contributed by atoms with E-state index < -0.39 is 17.4 Å². The summed E-state index contributed by atoms with van der Waals surface area (Å²) >= 11 is 0. The Morgan fingerprint density at radius 3 is 2.36 bits per heavy atom. The molecular weight excluding hydrogens is 377 g/mol. The van der Waals surface area contributed by atoms with Gasteiger partial charge in [-0.2, -0.15) is 22.5 Å². The first-order chi connectivity index (χ1) is 13.3. The molecule has 1 aromatic heterocycles. The van der Waals surface area contributed by atoms with Crippen molar-refractivity contribution in [2.75, 3.05) is 6.61 Å². The maximum atomic E-state index is 13.2. The van der Waals surface area contributed by atoms with E-state index in [2.05, 4.69) is 10.4 Å². The number of hydrogen-bond acceptors (Lipinski definition) is 5. The minimum absolute atomic E-state index is 0.262. The van der Waals surface area contributed by atoms with E-state index in [1.165, 1.54) is 25.2 Å². The molecule has 0 N–H and O–H groups in total. The molecule has 0 radical (unpaired) electrons. The molecule has 2 aromatic carbocycles. The van der Waals surface area contributed by atoms with Gasteiger partial charge in [0.15, 0.2) is 0 Å². The number of nitrogens with zero attached hydrogens (tertiary/aromatic N) is 4. The van der Waals surface area contributed by atoms with Gasteiger partial charge in [-0.05, 0) is 41.6 Å². The molecule has 0 spiro atoms. The largest absolute Gasteiger partial charge is 0.493 e. The molecule has 28 heavy (non-hydrogen) atoms. The Hall–Kier alpha value is -3.30. The van der Waals surface area contributed by atoms with Crippen LogP contribution >= 0.6 is 0 Å². The minimum Gasteiger partial charge on any atom is -0.493 e. The SMILES string of the molecule is CCOc1cccc(-n2nnn(C)c2=O)c1COc1ccccc1C(F)(F)F. The third-order valence-corrected chi connectivity index (χ3v) is 3.92. The van der Waals surface area contributed by atoms with E-state index in [1.807, 2.05) is 0 Å². The Morgan fingerprint density at radius 1 is 1.00 bits per heavy atom. The predicted molar refractivity (Wildman–Crippen MR) is 93.5 cm³/mol. The highest BCUT2D eigenvalue weighted by Gasteiger charge is 2.34. The van der Waals surface area contributed by atoms with Crippen LogP contribution in [0.3, 0.4) is 0 Å². The van der Waals surface area contributed by atoms with Gasteiger partial charge in [0.25, 0.3) is 0 Å². The average molecular weight is 394 g/mol. The smallest absolute Gasteiger partial charge is 0.419 e. The summed E-state index contributed by atoms with van der Waals surface area (Å²) in [5, 5.41) is 7.45. The van der Waals surface area contributed by atoms with E-state index in [0.717, 1.165) is 15.4 Å². The third kappa shape index (κ3) is 3.85. The molecule has 148 valence electrons. The van der Waals surface area contributed by atoms with Crippen molar-refractivity contribution in [1.29, 1.82) is 0 Å². The Kier molecular flexibility index (Phi) is 5.39. The van der Waals surface area contributed by atoms with Gasteiger partial charge in [-0.15, -0.1) is 0 Å². The molecule has 0 unspecified atom stereocenters. The second kappa shape index (κ2) is 7.75. The molecule has 3 aromatic rings. The maximum Gasteiger partial charge on any atom is 0.419 e. The van der Waals surface area contributed by atoms with Gasteiger partial charge in [-0.1, -0.05) is 18.2 Å². The van der Waals surface area contributed by atoms with Crippen molar-refractivity contribution in [1.82, 2.24) is 19.8 Å². The standard InChI is InChI=1S/C18H17F3N4O3/c1-3-27-15-10-6-8-14(25-17(26)24(2)22-23-25)12(15)11-28-16-9-5-4-7-13(16)18(19,20)21/h4-10H,3,11H2,1-2H3. The Bertz CT molecular complexity index is 1030. The summed E-state index contributed by atoms with van der Waals surface area (Å²) in [6.45, 7) is 1.83. The molecule has 10 heteroatoms. The van der Waals surface area contributed by atoms with Crippen molar-refractivity contribution in [2.24, 2.45) is 7.05 Å². The summed E-state index contributed by atoms with van der Waals surface area (Å²) in [7, 11) is 1.44. The molecule has 0 atom stereocenters. The first kappa shape index (κ1) is 19.5. The lowest BCUT2D eigenvalue weighted by atomic mass is 10.1. The lowest BCUT2D eigenvalue weighted by Crippen LogP contribution is -2.23. The van der Waals surface area contributed by atoms with Crippen molar-refractivity contribution in [3.8, 4) is 17.2 Å². The van der Waals surface area contributed by atoms with Crippen LogP contribution in [0.2, 0.25) is 0 Å². The number of halogens is 3. The lowest BCUT2D eigenvalue weighted by molar-refractivity contribution is -0.139. The highest BCUT2D eigenvalue weighted by Crippen LogP contribution is 2.37. The zero-order valence-electron chi connectivity index (χ0n) is 15.1. The Labute approximate surface area is 157 Å². The van der Waals surface area contributed by atoms with E-state index in [4.69, 9.17) is 9.47 Å². The van der Waals surface area contributed by atoms with Crippen LogP contribution in [0.5, 0.6) is 11.5 Å². The number of aromatic nitrogens is 4. The van der Waals surface area contributed by atoms with Crippen molar-refractivity contribution in [3.63, 3.8) is 0 Å². The van der Waals surface area contributed by atoms with Crippen LogP contribution in [0.4, 0.5) is 13.2 Å². The third-order valence-electron chi connectivity index (χ3n) is 3.92. The van der Waals surface area contributed by atoms with Gasteiger partial charge in [0.1, 0.15) is 18.1 Å². The number of tetrazole rings is 1. The molecule has 3 rings (SSSR count). The summed E-state index contributed by atoms with van der Waals surface area (Å²) in [6, 6.07) is 9.80. The van der Waals surface area contributed by atoms with Crippen molar-refractivity contribution < 1.29 is 22.6 Å². The van der Waals surface area contributed by atoms with Gasteiger partial charge in [-0.25, -0.2) is 4.79 Å². The number of ether oxygens (including phenoxy) is 2. The van der Waals surface area contributed by atoms with Crippen LogP contribution < -0.4 is 15.2 Å². The monoisotopic (exact) mass is 394 g/mol. The number of benzene rings is 2. The minimum atomic E-state index is -4.55. The number of rotatable bonds is 6. The molecule has 0 bridgehead atoms. The van der Waals surface area contributed by atoms with E-state index in [1.54, 1.807) is 25.1 Å². The fourth-order valence-corrected chi connectivity index (χ4v) is 2.63. The molecule has 0 aliphatic heterocycles. The summed E-state index contributed by atoms with van der Waals surface area (Å²) in [4.78, 5) is 12.2. The Balaban J connectivity index is 2.02. The zero-order valence-corrected chi connectivity index (χ0v) is 15.1. The molecule has 1 heterocycles. The molecule has 0 saturated carbocycles. The topological polar surface area (TPSA) is 71.2 Å². The number of para-hydroxylation sites is 1. The highest BCUT2D eigenvalue weighted by molar-refractivity contribution is 5.49. The summed E-state index contributed by atoms with van der Waals surface area (Å²) in [5.74, 6) is 0.0563. The zero-order chi connectivity index (χ0) is 20.3. The molecule has 0 aliphatic carbocycles. The van der Waals surface area contributed by atoms with E-state index in [0.29, 0.717) is 23.6 Å². The molecule has 0 fully saturated rings. The fourth-order valence-electron chi connectivity index (χ4n) is 2.63. The molecular formula is C18H17F3N4O3. The van der Waals surface area contributed by atoms with Crippen LogP contribution in [-0.4, -0.2) is 26.4 Å². The van der Waals surface area contributed by atoms with Crippen LogP contribution in [0.25, 0.3) is 5.69 Å². The van der Waals surface area contributed by atoms with E-state index >= 15 is 0 Å². The highest BCUT2D eigenvalue weighted by atomic mass is 19.4. The van der Waals surface area contributed by atoms with Gasteiger partial charge < -0.3 is 9.47 Å². The maximum absolute atomic E-state index is 13.2. The van der Waals surface area contributed by atoms with Gasteiger partial charge in [-0.3, -0.25) is 0 Å². The fraction of sp³-hybridized carbons (Fsp3) is 0.278. The van der Waals surface area contributed by atoms with Gasteiger partial charge in [0.05, 0.1) is 23.4 Å². The average Bonchev–Trinajstić information content (AvgIpc) is 2.99. The van der Waals surface area contributed by atoms with E-state index in [-0.39, 0.29) is 12.4 Å². The predicted octanol–water partition coefficient (Wildman–Crippen LogP) is 2.96.